The molecule has 0 saturated carbocycles. The highest BCUT2D eigenvalue weighted by molar-refractivity contribution is 5.65. The Balaban J connectivity index is 0.000000673. The van der Waals surface area contributed by atoms with Crippen molar-refractivity contribution in [3.8, 4) is 0 Å². The molecule has 0 saturated heterocycles. The number of ether oxygens (including phenoxy) is 1. The maximum atomic E-state index is 10.6. The number of carbonyl (C=O) groups is 1. The van der Waals surface area contributed by atoms with Crippen LogP contribution in [0.5, 0.6) is 0 Å². The second-order valence-corrected chi connectivity index (χ2v) is 4.00. The van der Waals surface area contributed by atoms with Gasteiger partial charge in [-0.25, -0.2) is 4.79 Å². The Labute approximate surface area is 97.6 Å². The number of hydrogen-bond acceptors (Lipinski definition) is 2. The molecule has 0 heterocycles. The molecule has 3 nitrogen and oxygen atoms in total. The lowest BCUT2D eigenvalue weighted by atomic mass is 9.98. The molecule has 0 spiro atoms. The molecule has 0 aliphatic rings. The molecule has 1 amide bonds. The van der Waals surface area contributed by atoms with E-state index in [2.05, 4.69) is 13.8 Å². The second-order valence-electron chi connectivity index (χ2n) is 4.00. The lowest BCUT2D eigenvalue weighted by Gasteiger charge is -2.24. The number of hydrogen-bond donors (Lipinski definition) is 1. The zero-order chi connectivity index (χ0) is 12.6. The van der Waals surface area contributed by atoms with E-state index in [1.54, 1.807) is 13.8 Å². The summed E-state index contributed by atoms with van der Waals surface area (Å²) in [5.74, 6) is 0. The Morgan fingerprint density at radius 2 is 1.69 bits per heavy atom. The lowest BCUT2D eigenvalue weighted by molar-refractivity contribution is 0.0432. The van der Waals surface area contributed by atoms with Crippen molar-refractivity contribution in [3.63, 3.8) is 0 Å². The van der Waals surface area contributed by atoms with Crippen LogP contribution in [0.25, 0.3) is 0 Å². The van der Waals surface area contributed by atoms with E-state index in [9.17, 15) is 4.79 Å². The minimum absolute atomic E-state index is 0.660. The molecule has 0 unspecified atom stereocenters. The Bertz CT molecular complexity index is 307. The van der Waals surface area contributed by atoms with E-state index in [1.807, 2.05) is 30.3 Å². The molecule has 0 atom stereocenters. The van der Waals surface area contributed by atoms with Gasteiger partial charge in [0.15, 0.2) is 0 Å². The molecule has 1 aromatic rings. The molecular formula is C13H21NO2. The highest BCUT2D eigenvalue weighted by atomic mass is 16.6. The first-order valence-corrected chi connectivity index (χ1v) is 5.48. The fourth-order valence-electron chi connectivity index (χ4n) is 1.15. The van der Waals surface area contributed by atoms with Crippen LogP contribution < -0.4 is 5.73 Å². The molecule has 3 heteroatoms. The van der Waals surface area contributed by atoms with Crippen LogP contribution in [0.4, 0.5) is 4.79 Å². The third-order valence-electron chi connectivity index (χ3n) is 1.82. The van der Waals surface area contributed by atoms with Crippen LogP contribution >= 0.6 is 0 Å². The predicted molar refractivity (Wildman–Crippen MR) is 66.1 cm³/mol. The van der Waals surface area contributed by atoms with Gasteiger partial charge in [0.25, 0.3) is 0 Å². The predicted octanol–water partition coefficient (Wildman–Crippen LogP) is 3.43. The summed E-state index contributed by atoms with van der Waals surface area (Å²) >= 11 is 0. The molecule has 0 radical (unpaired) electrons. The van der Waals surface area contributed by atoms with Gasteiger partial charge < -0.3 is 10.5 Å². The average molecular weight is 223 g/mol. The molecule has 0 bridgehead atoms. The number of rotatable bonds is 2. The SMILES string of the molecule is CC(C)(OC(N)=O)c1ccccc1.CCC. The minimum atomic E-state index is -0.756. The average Bonchev–Trinajstić information content (AvgIpc) is 2.18. The summed E-state index contributed by atoms with van der Waals surface area (Å²) in [6.45, 7) is 7.85. The van der Waals surface area contributed by atoms with Crippen molar-refractivity contribution in [1.29, 1.82) is 0 Å². The van der Waals surface area contributed by atoms with Crippen LogP contribution in [-0.4, -0.2) is 6.09 Å². The molecule has 16 heavy (non-hydrogen) atoms. The van der Waals surface area contributed by atoms with Crippen LogP contribution in [0.1, 0.15) is 39.7 Å². The number of primary amides is 1. The van der Waals surface area contributed by atoms with Crippen molar-refractivity contribution in [1.82, 2.24) is 0 Å². The van der Waals surface area contributed by atoms with Crippen molar-refractivity contribution in [2.45, 2.75) is 39.7 Å². The number of nitrogens with two attached hydrogens (primary N) is 1. The van der Waals surface area contributed by atoms with Crippen LogP contribution in [0.3, 0.4) is 0 Å². The van der Waals surface area contributed by atoms with Gasteiger partial charge in [0.1, 0.15) is 5.60 Å². The summed E-state index contributed by atoms with van der Waals surface area (Å²) in [6.07, 6.45) is 0.494. The zero-order valence-corrected chi connectivity index (χ0v) is 10.5. The molecule has 2 N–H and O–H groups in total. The maximum Gasteiger partial charge on any atom is 0.405 e. The van der Waals surface area contributed by atoms with Gasteiger partial charge in [0.2, 0.25) is 0 Å². The van der Waals surface area contributed by atoms with Gasteiger partial charge in [-0.2, -0.15) is 0 Å². The fourth-order valence-corrected chi connectivity index (χ4v) is 1.15. The molecular weight excluding hydrogens is 202 g/mol. The van der Waals surface area contributed by atoms with Gasteiger partial charge in [-0.15, -0.1) is 0 Å². The summed E-state index contributed by atoms with van der Waals surface area (Å²) < 4.78 is 4.96. The Kier molecular flexibility index (Phi) is 6.23. The van der Waals surface area contributed by atoms with Crippen molar-refractivity contribution in [2.24, 2.45) is 5.73 Å². The lowest BCUT2D eigenvalue weighted by Crippen LogP contribution is -2.28. The smallest absolute Gasteiger partial charge is 0.405 e. The molecule has 0 aliphatic carbocycles. The number of amides is 1. The quantitative estimate of drug-likeness (QED) is 0.835. The zero-order valence-electron chi connectivity index (χ0n) is 10.5. The standard InChI is InChI=1S/C10H13NO2.C3H8/c1-10(2,13-9(11)12)8-6-4-3-5-7-8;1-3-2/h3-7H,1-2H3,(H2,11,12);3H2,1-2H3. The first-order chi connectivity index (χ1) is 7.44. The van der Waals surface area contributed by atoms with Crippen LogP contribution in [0.15, 0.2) is 30.3 Å². The second kappa shape index (κ2) is 6.88. The first-order valence-electron chi connectivity index (χ1n) is 5.48. The Morgan fingerprint density at radius 1 is 1.25 bits per heavy atom. The van der Waals surface area contributed by atoms with Gasteiger partial charge in [0.05, 0.1) is 0 Å². The largest absolute Gasteiger partial charge is 0.439 e. The molecule has 0 aliphatic heterocycles. The maximum absolute atomic E-state index is 10.6. The highest BCUT2D eigenvalue weighted by Gasteiger charge is 2.23. The summed E-state index contributed by atoms with van der Waals surface area (Å²) in [5, 5.41) is 0. The van der Waals surface area contributed by atoms with Gasteiger partial charge >= 0.3 is 6.09 Å². The van der Waals surface area contributed by atoms with Crippen molar-refractivity contribution >= 4 is 6.09 Å². The summed E-state index contributed by atoms with van der Waals surface area (Å²) in [6, 6.07) is 9.47. The van der Waals surface area contributed by atoms with Gasteiger partial charge in [-0.3, -0.25) is 0 Å². The monoisotopic (exact) mass is 223 g/mol. The molecule has 0 aromatic heterocycles. The molecule has 90 valence electrons. The van der Waals surface area contributed by atoms with Gasteiger partial charge in [0, 0.05) is 0 Å². The van der Waals surface area contributed by atoms with Crippen molar-refractivity contribution < 1.29 is 9.53 Å². The van der Waals surface area contributed by atoms with E-state index in [0.29, 0.717) is 0 Å². The van der Waals surface area contributed by atoms with Crippen LogP contribution in [-0.2, 0) is 10.3 Å². The Morgan fingerprint density at radius 3 is 2.06 bits per heavy atom. The van der Waals surface area contributed by atoms with Crippen molar-refractivity contribution in [3.05, 3.63) is 35.9 Å². The van der Waals surface area contributed by atoms with E-state index in [4.69, 9.17) is 10.5 Å². The third-order valence-corrected chi connectivity index (χ3v) is 1.82. The third kappa shape index (κ3) is 5.39. The number of carbonyl (C=O) groups excluding carboxylic acids is 1. The normalized spacial score (nSPS) is 10.0. The van der Waals surface area contributed by atoms with E-state index >= 15 is 0 Å². The molecule has 1 rings (SSSR count). The topological polar surface area (TPSA) is 52.3 Å². The minimum Gasteiger partial charge on any atom is -0.439 e. The highest BCUT2D eigenvalue weighted by Crippen LogP contribution is 2.23. The van der Waals surface area contributed by atoms with E-state index in [-0.39, 0.29) is 0 Å². The van der Waals surface area contributed by atoms with Crippen LogP contribution in [0.2, 0.25) is 0 Å². The van der Waals surface area contributed by atoms with E-state index < -0.39 is 11.7 Å². The summed E-state index contributed by atoms with van der Waals surface area (Å²) in [5.41, 5.74) is 5.22. The van der Waals surface area contributed by atoms with Gasteiger partial charge in [-0.05, 0) is 19.4 Å². The van der Waals surface area contributed by atoms with Crippen LogP contribution in [0, 0.1) is 0 Å². The molecule has 0 fully saturated rings. The van der Waals surface area contributed by atoms with Crippen molar-refractivity contribution in [2.75, 3.05) is 0 Å². The molecule has 1 aromatic carbocycles. The number of benzene rings is 1. The Hall–Kier alpha value is -1.51. The van der Waals surface area contributed by atoms with E-state index in [1.165, 1.54) is 6.42 Å². The van der Waals surface area contributed by atoms with Gasteiger partial charge in [-0.1, -0.05) is 50.6 Å². The van der Waals surface area contributed by atoms with E-state index in [0.717, 1.165) is 5.56 Å². The summed E-state index contributed by atoms with van der Waals surface area (Å²) in [7, 11) is 0. The summed E-state index contributed by atoms with van der Waals surface area (Å²) in [4.78, 5) is 10.6. The first kappa shape index (κ1) is 14.5. The fraction of sp³-hybridized carbons (Fsp3) is 0.462.